The van der Waals surface area contributed by atoms with Gasteiger partial charge in [0, 0.05) is 19.3 Å². The zero-order valence-electron chi connectivity index (χ0n) is 39.2. The van der Waals surface area contributed by atoms with Crippen LogP contribution in [0.25, 0.3) is 0 Å². The molecule has 0 fully saturated rings. The third-order valence-electron chi connectivity index (χ3n) is 10.4. The van der Waals surface area contributed by atoms with Crippen LogP contribution in [0.1, 0.15) is 233 Å². The van der Waals surface area contributed by atoms with Crippen molar-refractivity contribution in [1.82, 2.24) is 0 Å². The first-order valence-electron chi connectivity index (χ1n) is 24.9. The summed E-state index contributed by atoms with van der Waals surface area (Å²) in [6.07, 6.45) is 60.2. The molecule has 0 aromatic heterocycles. The van der Waals surface area contributed by atoms with E-state index in [1.165, 1.54) is 83.5 Å². The first-order valence-corrected chi connectivity index (χ1v) is 24.9. The Bertz CT molecular complexity index is 1140. The van der Waals surface area contributed by atoms with E-state index < -0.39 is 6.10 Å². The third kappa shape index (κ3) is 45.9. The first-order chi connectivity index (χ1) is 29.5. The summed E-state index contributed by atoms with van der Waals surface area (Å²) < 4.78 is 16.8. The summed E-state index contributed by atoms with van der Waals surface area (Å²) in [6, 6.07) is 0. The molecule has 344 valence electrons. The van der Waals surface area contributed by atoms with Gasteiger partial charge < -0.3 is 14.2 Å². The summed E-state index contributed by atoms with van der Waals surface area (Å²) in [5.41, 5.74) is 0. The molecule has 0 saturated heterocycles. The molecule has 0 bridgehead atoms. The Kier molecular flexibility index (Phi) is 46.0. The van der Waals surface area contributed by atoms with Crippen LogP contribution in [-0.2, 0) is 28.6 Å². The van der Waals surface area contributed by atoms with Crippen LogP contribution in [0.15, 0.2) is 72.9 Å². The Hall–Kier alpha value is -3.15. The summed E-state index contributed by atoms with van der Waals surface area (Å²) in [7, 11) is 0. The highest BCUT2D eigenvalue weighted by atomic mass is 16.6. The Morgan fingerprint density at radius 3 is 1.03 bits per heavy atom. The van der Waals surface area contributed by atoms with Crippen LogP contribution in [0.3, 0.4) is 0 Å². The van der Waals surface area contributed by atoms with Crippen LogP contribution in [0, 0.1) is 0 Å². The van der Waals surface area contributed by atoms with Gasteiger partial charge >= 0.3 is 17.9 Å². The van der Waals surface area contributed by atoms with Gasteiger partial charge in [-0.2, -0.15) is 0 Å². The summed E-state index contributed by atoms with van der Waals surface area (Å²) >= 11 is 0. The molecule has 0 aliphatic carbocycles. The quantitative estimate of drug-likeness (QED) is 0.0263. The van der Waals surface area contributed by atoms with E-state index in [1.54, 1.807) is 0 Å². The second-order valence-electron chi connectivity index (χ2n) is 16.3. The number of hydrogen-bond acceptors (Lipinski definition) is 6. The average molecular weight is 837 g/mol. The summed E-state index contributed by atoms with van der Waals surface area (Å²) in [6.45, 7) is 6.37. The number of esters is 3. The fourth-order valence-electron chi connectivity index (χ4n) is 6.72. The predicted molar refractivity (Wildman–Crippen MR) is 256 cm³/mol. The maximum absolute atomic E-state index is 12.8. The normalized spacial score (nSPS) is 12.7. The van der Waals surface area contributed by atoms with Gasteiger partial charge in [-0.25, -0.2) is 0 Å². The number of carbonyl (C=O) groups excluding carboxylic acids is 3. The van der Waals surface area contributed by atoms with Crippen LogP contribution in [0.5, 0.6) is 0 Å². The zero-order valence-corrected chi connectivity index (χ0v) is 39.2. The highest BCUT2D eigenvalue weighted by Crippen LogP contribution is 2.14. The van der Waals surface area contributed by atoms with Gasteiger partial charge in [0.2, 0.25) is 0 Å². The molecule has 0 amide bonds. The molecule has 0 N–H and O–H groups in total. The maximum Gasteiger partial charge on any atom is 0.306 e. The molecule has 0 aromatic rings. The molecule has 0 aromatic carbocycles. The number of rotatable bonds is 44. The van der Waals surface area contributed by atoms with E-state index in [0.29, 0.717) is 19.3 Å². The molecule has 0 saturated carbocycles. The van der Waals surface area contributed by atoms with E-state index in [9.17, 15) is 14.4 Å². The van der Waals surface area contributed by atoms with Crippen molar-refractivity contribution >= 4 is 17.9 Å². The minimum Gasteiger partial charge on any atom is -0.462 e. The van der Waals surface area contributed by atoms with E-state index >= 15 is 0 Å². The lowest BCUT2D eigenvalue weighted by Crippen LogP contribution is -2.30. The Morgan fingerprint density at radius 1 is 0.350 bits per heavy atom. The zero-order chi connectivity index (χ0) is 43.7. The lowest BCUT2D eigenvalue weighted by atomic mass is 10.1. The Morgan fingerprint density at radius 2 is 0.650 bits per heavy atom. The highest BCUT2D eigenvalue weighted by Gasteiger charge is 2.19. The average Bonchev–Trinajstić information content (AvgIpc) is 3.24. The van der Waals surface area contributed by atoms with Crippen LogP contribution in [0.2, 0.25) is 0 Å². The van der Waals surface area contributed by atoms with Crippen molar-refractivity contribution in [2.24, 2.45) is 0 Å². The molecule has 1 atom stereocenters. The van der Waals surface area contributed by atoms with E-state index in [0.717, 1.165) is 109 Å². The summed E-state index contributed by atoms with van der Waals surface area (Å²) in [5.74, 6) is -0.918. The smallest absolute Gasteiger partial charge is 0.306 e. The molecule has 0 aliphatic rings. The molecular formula is C54H92O6. The maximum atomic E-state index is 12.8. The van der Waals surface area contributed by atoms with Gasteiger partial charge in [0.1, 0.15) is 13.2 Å². The van der Waals surface area contributed by atoms with E-state index in [-0.39, 0.29) is 31.1 Å². The lowest BCUT2D eigenvalue weighted by molar-refractivity contribution is -0.167. The monoisotopic (exact) mass is 837 g/mol. The summed E-state index contributed by atoms with van der Waals surface area (Å²) in [5, 5.41) is 0. The fourth-order valence-corrected chi connectivity index (χ4v) is 6.72. The SMILES string of the molecule is CC/C=C\C/C=C\C/C=C\CCCCCCCCC(=O)OCC(COC(=O)CCCCCCC/C=C\CCCCC)OC(=O)CCCCCCCCC/C=C\C/C=C\CC. The molecule has 0 heterocycles. The third-order valence-corrected chi connectivity index (χ3v) is 10.4. The van der Waals surface area contributed by atoms with Crippen molar-refractivity contribution in [2.45, 2.75) is 239 Å². The van der Waals surface area contributed by atoms with E-state index in [4.69, 9.17) is 14.2 Å². The highest BCUT2D eigenvalue weighted by molar-refractivity contribution is 5.71. The van der Waals surface area contributed by atoms with Gasteiger partial charge in [-0.3, -0.25) is 14.4 Å². The summed E-state index contributed by atoms with van der Waals surface area (Å²) in [4.78, 5) is 37.9. The standard InChI is InChI=1S/C54H92O6/c1-4-7-10-13-16-19-22-25-27-28-30-32-35-38-41-44-47-53(56)59-50-51(49-58-52(55)46-43-40-37-34-31-24-21-18-15-12-9-6-3)60-54(57)48-45-42-39-36-33-29-26-23-20-17-14-11-8-5-2/h7-8,10-11,16-21,25,27,51H,4-6,9,12-15,22-24,26,28-50H2,1-3H3/b10-7-,11-8-,19-16-,20-17-,21-18-,27-25-. The van der Waals surface area contributed by atoms with Crippen molar-refractivity contribution in [2.75, 3.05) is 13.2 Å². The van der Waals surface area contributed by atoms with Crippen molar-refractivity contribution in [1.29, 1.82) is 0 Å². The van der Waals surface area contributed by atoms with Gasteiger partial charge in [-0.1, -0.05) is 184 Å². The molecule has 6 heteroatoms. The number of unbranched alkanes of at least 4 members (excludes halogenated alkanes) is 21. The van der Waals surface area contributed by atoms with Gasteiger partial charge in [-0.15, -0.1) is 0 Å². The molecule has 1 unspecified atom stereocenters. The van der Waals surface area contributed by atoms with Gasteiger partial charge in [-0.05, 0) is 103 Å². The Labute approximate surface area is 370 Å². The van der Waals surface area contributed by atoms with Crippen LogP contribution >= 0.6 is 0 Å². The topological polar surface area (TPSA) is 78.9 Å². The van der Waals surface area contributed by atoms with Crippen molar-refractivity contribution in [3.63, 3.8) is 0 Å². The minimum absolute atomic E-state index is 0.0877. The van der Waals surface area contributed by atoms with Crippen LogP contribution < -0.4 is 0 Å². The molecule has 0 aliphatic heterocycles. The van der Waals surface area contributed by atoms with Gasteiger partial charge in [0.15, 0.2) is 6.10 Å². The minimum atomic E-state index is -0.787. The Balaban J connectivity index is 4.42. The predicted octanol–water partition coefficient (Wildman–Crippen LogP) is 16.3. The number of hydrogen-bond donors (Lipinski definition) is 0. The number of ether oxygens (including phenoxy) is 3. The lowest BCUT2D eigenvalue weighted by Gasteiger charge is -2.18. The first kappa shape index (κ1) is 56.9. The van der Waals surface area contributed by atoms with Crippen LogP contribution in [0.4, 0.5) is 0 Å². The number of allylic oxidation sites excluding steroid dienone is 12. The molecule has 0 radical (unpaired) electrons. The molecule has 60 heavy (non-hydrogen) atoms. The van der Waals surface area contributed by atoms with E-state index in [2.05, 4.69) is 93.7 Å². The van der Waals surface area contributed by atoms with E-state index in [1.807, 2.05) is 0 Å². The van der Waals surface area contributed by atoms with Gasteiger partial charge in [0.05, 0.1) is 0 Å². The van der Waals surface area contributed by atoms with Crippen molar-refractivity contribution < 1.29 is 28.6 Å². The second-order valence-corrected chi connectivity index (χ2v) is 16.3. The molecule has 0 rings (SSSR count). The number of carbonyl (C=O) groups is 3. The molecular weight excluding hydrogens is 745 g/mol. The van der Waals surface area contributed by atoms with Crippen molar-refractivity contribution in [3.8, 4) is 0 Å². The second kappa shape index (κ2) is 48.5. The fraction of sp³-hybridized carbons (Fsp3) is 0.722. The molecule has 6 nitrogen and oxygen atoms in total. The largest absolute Gasteiger partial charge is 0.462 e. The van der Waals surface area contributed by atoms with Crippen molar-refractivity contribution in [3.05, 3.63) is 72.9 Å². The molecule has 0 spiro atoms. The van der Waals surface area contributed by atoms with Crippen LogP contribution in [-0.4, -0.2) is 37.2 Å². The van der Waals surface area contributed by atoms with Gasteiger partial charge in [0.25, 0.3) is 0 Å².